The number of morpholine rings is 1. The summed E-state index contributed by atoms with van der Waals surface area (Å²) in [5.74, 6) is 0.658. The fraction of sp³-hybridized carbons (Fsp3) is 0.316. The normalized spacial score (nSPS) is 14.6. The van der Waals surface area contributed by atoms with E-state index in [-0.39, 0.29) is 6.61 Å². The van der Waals surface area contributed by atoms with Gasteiger partial charge in [0.15, 0.2) is 5.82 Å². The van der Waals surface area contributed by atoms with Crippen molar-refractivity contribution in [3.05, 3.63) is 48.2 Å². The van der Waals surface area contributed by atoms with Gasteiger partial charge < -0.3 is 19.7 Å². The van der Waals surface area contributed by atoms with E-state index in [1.165, 1.54) is 0 Å². The Bertz CT molecular complexity index is 902. The summed E-state index contributed by atoms with van der Waals surface area (Å²) in [6.45, 7) is 5.04. The number of anilines is 1. The second-order valence-corrected chi connectivity index (χ2v) is 6.28. The smallest absolute Gasteiger partial charge is 0.156 e. The van der Waals surface area contributed by atoms with E-state index in [4.69, 9.17) is 4.74 Å². The molecule has 0 unspecified atom stereocenters. The van der Waals surface area contributed by atoms with Crippen molar-refractivity contribution >= 4 is 5.69 Å². The number of rotatable bonds is 4. The lowest BCUT2D eigenvalue weighted by Gasteiger charge is -2.28. The highest BCUT2D eigenvalue weighted by Gasteiger charge is 2.13. The number of ether oxygens (including phenoxy) is 1. The van der Waals surface area contributed by atoms with Crippen molar-refractivity contribution in [2.75, 3.05) is 31.2 Å². The van der Waals surface area contributed by atoms with Crippen LogP contribution >= 0.6 is 0 Å². The van der Waals surface area contributed by atoms with Crippen molar-refractivity contribution in [2.24, 2.45) is 0 Å². The zero-order valence-corrected chi connectivity index (χ0v) is 14.6. The van der Waals surface area contributed by atoms with Crippen LogP contribution in [0.1, 0.15) is 11.4 Å². The molecule has 1 aliphatic rings. The molecule has 7 heteroatoms. The first-order valence-electron chi connectivity index (χ1n) is 8.65. The van der Waals surface area contributed by atoms with E-state index in [0.717, 1.165) is 54.5 Å². The number of pyridine rings is 2. The molecule has 3 aromatic heterocycles. The van der Waals surface area contributed by atoms with Gasteiger partial charge in [-0.15, -0.1) is 0 Å². The summed E-state index contributed by atoms with van der Waals surface area (Å²) in [4.78, 5) is 18.7. The quantitative estimate of drug-likeness (QED) is 0.749. The Labute approximate surface area is 151 Å². The molecule has 1 aliphatic heterocycles. The van der Waals surface area contributed by atoms with Crippen LogP contribution in [0.2, 0.25) is 0 Å². The van der Waals surface area contributed by atoms with Crippen LogP contribution in [0, 0.1) is 6.92 Å². The number of aromatic nitrogens is 4. The Kier molecular flexibility index (Phi) is 4.64. The molecule has 3 aromatic rings. The van der Waals surface area contributed by atoms with Crippen molar-refractivity contribution < 1.29 is 9.84 Å². The van der Waals surface area contributed by atoms with Crippen molar-refractivity contribution in [3.63, 3.8) is 0 Å². The molecule has 0 bridgehead atoms. The molecule has 4 rings (SSSR count). The van der Waals surface area contributed by atoms with E-state index in [1.54, 1.807) is 6.20 Å². The van der Waals surface area contributed by atoms with Crippen molar-refractivity contribution in [3.8, 4) is 22.6 Å². The maximum Gasteiger partial charge on any atom is 0.156 e. The van der Waals surface area contributed by atoms with Crippen LogP contribution in [0.4, 0.5) is 5.69 Å². The number of aromatic amines is 1. The number of nitrogens with one attached hydrogen (secondary N) is 1. The zero-order chi connectivity index (χ0) is 17.9. The molecular formula is C19H21N5O2. The van der Waals surface area contributed by atoms with Crippen LogP contribution in [0.25, 0.3) is 22.6 Å². The number of hydrogen-bond donors (Lipinski definition) is 2. The summed E-state index contributed by atoms with van der Waals surface area (Å²) in [6.07, 6.45) is 5.51. The van der Waals surface area contributed by atoms with Crippen LogP contribution in [0.15, 0.2) is 36.8 Å². The lowest BCUT2D eigenvalue weighted by Crippen LogP contribution is -2.36. The number of aryl methyl sites for hydroxylation is 1. The minimum absolute atomic E-state index is 0.0897. The molecule has 0 aliphatic carbocycles. The minimum atomic E-state index is -0.0897. The highest BCUT2D eigenvalue weighted by Crippen LogP contribution is 2.26. The van der Waals surface area contributed by atoms with E-state index in [9.17, 15) is 5.11 Å². The van der Waals surface area contributed by atoms with Gasteiger partial charge in [0.1, 0.15) is 5.69 Å². The van der Waals surface area contributed by atoms with Gasteiger partial charge in [0, 0.05) is 36.7 Å². The van der Waals surface area contributed by atoms with Crippen molar-refractivity contribution in [1.82, 2.24) is 19.9 Å². The summed E-state index contributed by atoms with van der Waals surface area (Å²) in [6, 6.07) is 6.09. The van der Waals surface area contributed by atoms with Gasteiger partial charge in [-0.05, 0) is 30.7 Å². The van der Waals surface area contributed by atoms with Crippen LogP contribution < -0.4 is 4.90 Å². The molecule has 0 spiro atoms. The van der Waals surface area contributed by atoms with Gasteiger partial charge in [-0.25, -0.2) is 4.98 Å². The first-order chi connectivity index (χ1) is 12.7. The van der Waals surface area contributed by atoms with Crippen LogP contribution in [-0.4, -0.2) is 51.3 Å². The Morgan fingerprint density at radius 2 is 2.04 bits per heavy atom. The van der Waals surface area contributed by atoms with Gasteiger partial charge in [0.05, 0.1) is 37.4 Å². The predicted octanol–water partition coefficient (Wildman–Crippen LogP) is 2.17. The molecular weight excluding hydrogens is 330 g/mol. The van der Waals surface area contributed by atoms with Gasteiger partial charge in [-0.3, -0.25) is 9.97 Å². The molecule has 0 radical (unpaired) electrons. The van der Waals surface area contributed by atoms with E-state index in [1.807, 2.05) is 31.5 Å². The second kappa shape index (κ2) is 7.23. The number of imidazole rings is 1. The van der Waals surface area contributed by atoms with Gasteiger partial charge >= 0.3 is 0 Å². The van der Waals surface area contributed by atoms with E-state index < -0.39 is 0 Å². The van der Waals surface area contributed by atoms with Gasteiger partial charge in [0.25, 0.3) is 0 Å². The SMILES string of the molecule is Cc1[nH]c(-c2cc(-c3cncc(N4CCOCC4)c3)ccn2)nc1CO. The highest BCUT2D eigenvalue weighted by atomic mass is 16.5. The second-order valence-electron chi connectivity index (χ2n) is 6.28. The standard InChI is InChI=1S/C19H21N5O2/c1-13-18(12-25)23-19(22-13)17-9-14(2-3-21-17)15-8-16(11-20-10-15)24-4-6-26-7-5-24/h2-3,8-11,25H,4-7,12H2,1H3,(H,22,23). The number of aliphatic hydroxyl groups is 1. The van der Waals surface area contributed by atoms with E-state index in [2.05, 4.69) is 30.9 Å². The third kappa shape index (κ3) is 3.31. The number of aliphatic hydroxyl groups excluding tert-OH is 1. The summed E-state index contributed by atoms with van der Waals surface area (Å²) in [7, 11) is 0. The maximum absolute atomic E-state index is 9.34. The predicted molar refractivity (Wildman–Crippen MR) is 98.7 cm³/mol. The fourth-order valence-corrected chi connectivity index (χ4v) is 3.09. The van der Waals surface area contributed by atoms with Crippen molar-refractivity contribution in [2.45, 2.75) is 13.5 Å². The summed E-state index contributed by atoms with van der Waals surface area (Å²) < 4.78 is 5.42. The largest absolute Gasteiger partial charge is 0.390 e. The molecule has 0 saturated carbocycles. The maximum atomic E-state index is 9.34. The van der Waals surface area contributed by atoms with Gasteiger partial charge in [0.2, 0.25) is 0 Å². The lowest BCUT2D eigenvalue weighted by atomic mass is 10.1. The molecule has 0 amide bonds. The molecule has 0 aromatic carbocycles. The minimum Gasteiger partial charge on any atom is -0.390 e. The van der Waals surface area contributed by atoms with Crippen LogP contribution in [-0.2, 0) is 11.3 Å². The molecule has 1 saturated heterocycles. The van der Waals surface area contributed by atoms with Gasteiger partial charge in [-0.2, -0.15) is 0 Å². The molecule has 134 valence electrons. The topological polar surface area (TPSA) is 87.2 Å². The average molecular weight is 351 g/mol. The van der Waals surface area contributed by atoms with E-state index in [0.29, 0.717) is 11.5 Å². The molecule has 4 heterocycles. The summed E-state index contributed by atoms with van der Waals surface area (Å²) >= 11 is 0. The summed E-state index contributed by atoms with van der Waals surface area (Å²) in [5, 5.41) is 9.34. The Morgan fingerprint density at radius 1 is 1.19 bits per heavy atom. The number of nitrogens with zero attached hydrogens (tertiary/aromatic N) is 4. The Morgan fingerprint density at radius 3 is 2.81 bits per heavy atom. The monoisotopic (exact) mass is 351 g/mol. The molecule has 2 N–H and O–H groups in total. The van der Waals surface area contributed by atoms with Crippen molar-refractivity contribution in [1.29, 1.82) is 0 Å². The fourth-order valence-electron chi connectivity index (χ4n) is 3.09. The van der Waals surface area contributed by atoms with Gasteiger partial charge in [-0.1, -0.05) is 0 Å². The molecule has 26 heavy (non-hydrogen) atoms. The average Bonchev–Trinajstić information content (AvgIpc) is 3.10. The Balaban J connectivity index is 1.66. The zero-order valence-electron chi connectivity index (χ0n) is 14.6. The molecule has 7 nitrogen and oxygen atoms in total. The van der Waals surface area contributed by atoms with Crippen LogP contribution in [0.5, 0.6) is 0 Å². The molecule has 1 fully saturated rings. The highest BCUT2D eigenvalue weighted by molar-refractivity contribution is 5.70. The first-order valence-corrected chi connectivity index (χ1v) is 8.65. The summed E-state index contributed by atoms with van der Waals surface area (Å²) in [5.41, 5.74) is 5.39. The first kappa shape index (κ1) is 16.7. The Hall–Kier alpha value is -2.77. The van der Waals surface area contributed by atoms with E-state index >= 15 is 0 Å². The third-order valence-electron chi connectivity index (χ3n) is 4.57. The molecule has 0 atom stereocenters. The lowest BCUT2D eigenvalue weighted by molar-refractivity contribution is 0.122. The van der Waals surface area contributed by atoms with Crippen LogP contribution in [0.3, 0.4) is 0 Å². The third-order valence-corrected chi connectivity index (χ3v) is 4.57. The number of H-pyrrole nitrogens is 1. The number of hydrogen-bond acceptors (Lipinski definition) is 6.